The van der Waals surface area contributed by atoms with Crippen LogP contribution in [0.1, 0.15) is 17.9 Å². The fourth-order valence-electron chi connectivity index (χ4n) is 8.44. The summed E-state index contributed by atoms with van der Waals surface area (Å²) in [4.78, 5) is 2.32. The fraction of sp³-hybridized carbons (Fsp3) is 0.0385. The van der Waals surface area contributed by atoms with Crippen LogP contribution in [0.3, 0.4) is 0 Å². The molecular weight excluding hydrogens is 671 g/mol. The first-order chi connectivity index (χ1) is 27.2. The second kappa shape index (κ2) is 12.8. The third-order valence-corrected chi connectivity index (χ3v) is 11.2. The van der Waals surface area contributed by atoms with Crippen molar-refractivity contribution < 1.29 is 8.83 Å². The summed E-state index contributed by atoms with van der Waals surface area (Å²) in [5.41, 5.74) is 12.4. The Morgan fingerprint density at radius 2 is 1.16 bits per heavy atom. The minimum atomic E-state index is 0.388. The molecule has 1 atom stereocenters. The third-order valence-electron chi connectivity index (χ3n) is 11.2. The minimum absolute atomic E-state index is 0.388. The highest BCUT2D eigenvalue weighted by Crippen LogP contribution is 2.47. The minimum Gasteiger partial charge on any atom is -0.456 e. The Kier molecular flexibility index (Phi) is 7.31. The van der Waals surface area contributed by atoms with Crippen LogP contribution < -0.4 is 4.90 Å². The Labute approximate surface area is 318 Å². The van der Waals surface area contributed by atoms with Gasteiger partial charge in [-0.05, 0) is 94.0 Å². The molecule has 1 aliphatic carbocycles. The van der Waals surface area contributed by atoms with E-state index in [-0.39, 0.29) is 0 Å². The largest absolute Gasteiger partial charge is 0.456 e. The van der Waals surface area contributed by atoms with E-state index in [2.05, 4.69) is 187 Å². The Morgan fingerprint density at radius 1 is 0.455 bits per heavy atom. The normalized spacial score (nSPS) is 14.1. The van der Waals surface area contributed by atoms with Gasteiger partial charge in [0.05, 0.1) is 0 Å². The molecule has 0 saturated carbocycles. The molecule has 1 aliphatic rings. The monoisotopic (exact) mass is 705 g/mol. The van der Waals surface area contributed by atoms with Crippen molar-refractivity contribution in [3.63, 3.8) is 0 Å². The number of furan rings is 2. The van der Waals surface area contributed by atoms with Crippen LogP contribution in [0.4, 0.5) is 17.1 Å². The summed E-state index contributed by atoms with van der Waals surface area (Å²) < 4.78 is 13.6. The van der Waals surface area contributed by atoms with Crippen molar-refractivity contribution in [2.45, 2.75) is 12.3 Å². The van der Waals surface area contributed by atoms with Crippen molar-refractivity contribution in [3.8, 4) is 22.3 Å². The molecule has 3 heteroatoms. The highest BCUT2D eigenvalue weighted by molar-refractivity contribution is 6.24. The van der Waals surface area contributed by atoms with Crippen LogP contribution in [0.25, 0.3) is 76.9 Å². The number of rotatable bonds is 6. The number of hydrogen-bond donors (Lipinski definition) is 0. The standard InChI is InChI=1S/C52H35NO2/c1-3-11-34(12-4-1)37-21-25-41(26-22-37)53(42-27-23-38(24-28-42)35-13-5-2-6-14-35)43-29-30-44-46-33-49-51(45-17-9-10-18-47(45)54-49)50(52(46)55-48(44)32-43)40-20-19-36-15-7-8-16-39(36)31-40/h1-13,15-33,35H,14H2. The number of hydrogen-bond acceptors (Lipinski definition) is 3. The summed E-state index contributed by atoms with van der Waals surface area (Å²) in [6.45, 7) is 0. The molecule has 8 aromatic carbocycles. The molecule has 2 aromatic heterocycles. The average molecular weight is 706 g/mol. The van der Waals surface area contributed by atoms with Gasteiger partial charge in [-0.3, -0.25) is 0 Å². The Morgan fingerprint density at radius 3 is 1.98 bits per heavy atom. The average Bonchev–Trinajstić information content (AvgIpc) is 3.81. The Balaban J connectivity index is 1.10. The zero-order chi connectivity index (χ0) is 36.3. The van der Waals surface area contributed by atoms with Crippen LogP contribution in [-0.4, -0.2) is 0 Å². The quantitative estimate of drug-likeness (QED) is 0.172. The molecule has 55 heavy (non-hydrogen) atoms. The van der Waals surface area contributed by atoms with Gasteiger partial charge in [-0.15, -0.1) is 0 Å². The predicted octanol–water partition coefficient (Wildman–Crippen LogP) is 15.0. The molecule has 2 heterocycles. The molecule has 0 N–H and O–H groups in total. The summed E-state index contributed by atoms with van der Waals surface area (Å²) in [5.74, 6) is 0.388. The number of para-hydroxylation sites is 1. The van der Waals surface area contributed by atoms with Crippen LogP contribution in [0.2, 0.25) is 0 Å². The van der Waals surface area contributed by atoms with Gasteiger partial charge >= 0.3 is 0 Å². The van der Waals surface area contributed by atoms with Gasteiger partial charge in [-0.2, -0.15) is 0 Å². The highest BCUT2D eigenvalue weighted by Gasteiger charge is 2.23. The summed E-state index contributed by atoms with van der Waals surface area (Å²) in [6, 6.07) is 60.6. The van der Waals surface area contributed by atoms with Gasteiger partial charge < -0.3 is 13.7 Å². The lowest BCUT2D eigenvalue weighted by atomic mass is 9.92. The molecule has 3 nitrogen and oxygen atoms in total. The zero-order valence-corrected chi connectivity index (χ0v) is 30.0. The molecule has 11 rings (SSSR count). The first kappa shape index (κ1) is 31.4. The van der Waals surface area contributed by atoms with Gasteiger partial charge in [0, 0.05) is 56.2 Å². The van der Waals surface area contributed by atoms with E-state index in [1.807, 2.05) is 12.1 Å². The molecule has 0 aliphatic heterocycles. The fourth-order valence-corrected chi connectivity index (χ4v) is 8.44. The van der Waals surface area contributed by atoms with E-state index in [0.29, 0.717) is 5.92 Å². The van der Waals surface area contributed by atoms with Gasteiger partial charge in [-0.1, -0.05) is 133 Å². The van der Waals surface area contributed by atoms with E-state index in [4.69, 9.17) is 8.83 Å². The van der Waals surface area contributed by atoms with Gasteiger partial charge in [0.15, 0.2) is 0 Å². The van der Waals surface area contributed by atoms with E-state index in [9.17, 15) is 0 Å². The van der Waals surface area contributed by atoms with Crippen molar-refractivity contribution in [1.29, 1.82) is 0 Å². The molecule has 0 bridgehead atoms. The predicted molar refractivity (Wildman–Crippen MR) is 230 cm³/mol. The molecule has 0 saturated heterocycles. The van der Waals surface area contributed by atoms with E-state index >= 15 is 0 Å². The molecule has 0 amide bonds. The lowest BCUT2D eigenvalue weighted by molar-refractivity contribution is 0.664. The molecule has 260 valence electrons. The highest BCUT2D eigenvalue weighted by atomic mass is 16.3. The van der Waals surface area contributed by atoms with Crippen molar-refractivity contribution in [2.24, 2.45) is 0 Å². The molecule has 10 aromatic rings. The van der Waals surface area contributed by atoms with Crippen molar-refractivity contribution in [3.05, 3.63) is 200 Å². The topological polar surface area (TPSA) is 29.5 Å². The number of anilines is 3. The smallest absolute Gasteiger partial charge is 0.144 e. The maximum atomic E-state index is 7.03. The van der Waals surface area contributed by atoms with Crippen molar-refractivity contribution in [2.75, 3.05) is 4.90 Å². The molecule has 0 radical (unpaired) electrons. The van der Waals surface area contributed by atoms with Gasteiger partial charge in [0.1, 0.15) is 22.3 Å². The second-order valence-electron chi connectivity index (χ2n) is 14.4. The van der Waals surface area contributed by atoms with Crippen LogP contribution in [-0.2, 0) is 0 Å². The Hall–Kier alpha value is -7.10. The first-order valence-electron chi connectivity index (χ1n) is 18.9. The molecule has 1 unspecified atom stereocenters. The number of nitrogens with zero attached hydrogens (tertiary/aromatic N) is 1. The van der Waals surface area contributed by atoms with Crippen LogP contribution >= 0.6 is 0 Å². The summed E-state index contributed by atoms with van der Waals surface area (Å²) >= 11 is 0. The number of benzene rings is 8. The lowest BCUT2D eigenvalue weighted by Crippen LogP contribution is -2.10. The molecular formula is C52H35NO2. The number of allylic oxidation sites excluding steroid dienone is 4. The van der Waals surface area contributed by atoms with Crippen LogP contribution in [0.5, 0.6) is 0 Å². The van der Waals surface area contributed by atoms with Gasteiger partial charge in [0.25, 0.3) is 0 Å². The summed E-state index contributed by atoms with van der Waals surface area (Å²) in [5, 5.41) is 6.63. The maximum absolute atomic E-state index is 7.03. The van der Waals surface area contributed by atoms with E-state index in [1.165, 1.54) is 27.5 Å². The Bertz CT molecular complexity index is 3110. The van der Waals surface area contributed by atoms with Gasteiger partial charge in [0.2, 0.25) is 0 Å². The van der Waals surface area contributed by atoms with Gasteiger partial charge in [-0.25, -0.2) is 0 Å². The van der Waals surface area contributed by atoms with Crippen molar-refractivity contribution >= 4 is 71.7 Å². The third kappa shape index (κ3) is 5.35. The van der Waals surface area contributed by atoms with Crippen molar-refractivity contribution in [1.82, 2.24) is 0 Å². The van der Waals surface area contributed by atoms with E-state index in [1.54, 1.807) is 0 Å². The van der Waals surface area contributed by atoms with E-state index in [0.717, 1.165) is 78.5 Å². The summed E-state index contributed by atoms with van der Waals surface area (Å²) in [6.07, 6.45) is 9.83. The maximum Gasteiger partial charge on any atom is 0.144 e. The SMILES string of the molecule is C1=CCC(c2ccc(N(c3ccc(-c4ccccc4)cc3)c3ccc4c(c3)oc3c(-c5ccc6ccccc6c5)c5c(cc34)oc3ccccc35)cc2)C=C1. The molecule has 0 spiro atoms. The lowest BCUT2D eigenvalue weighted by Gasteiger charge is -2.26. The van der Waals surface area contributed by atoms with Crippen LogP contribution in [0.15, 0.2) is 203 Å². The number of fused-ring (bicyclic) bond motifs is 7. The first-order valence-corrected chi connectivity index (χ1v) is 18.9. The second-order valence-corrected chi connectivity index (χ2v) is 14.4. The molecule has 0 fully saturated rings. The van der Waals surface area contributed by atoms with Crippen LogP contribution in [0, 0.1) is 0 Å². The zero-order valence-electron chi connectivity index (χ0n) is 30.0. The van der Waals surface area contributed by atoms with E-state index < -0.39 is 0 Å². The summed E-state index contributed by atoms with van der Waals surface area (Å²) in [7, 11) is 0.